The quantitative estimate of drug-likeness (QED) is 0.291. The van der Waals surface area contributed by atoms with Crippen LogP contribution >= 0.6 is 11.5 Å². The molecule has 1 fully saturated rings. The molecule has 1 amide bonds. The van der Waals surface area contributed by atoms with Crippen molar-refractivity contribution in [2.75, 3.05) is 24.5 Å². The van der Waals surface area contributed by atoms with Crippen LogP contribution in [0, 0.1) is 5.82 Å². The molecule has 0 spiro atoms. The SMILES string of the molecule is O=C(CCN(Cc1ccco1)c1nc(Cc2ccc(F)cc2)ns1)NC1CCN(Cc2ccccc2)CC1. The molecule has 9 heteroatoms. The molecule has 0 radical (unpaired) electrons. The summed E-state index contributed by atoms with van der Waals surface area (Å²) >= 11 is 1.30. The number of benzene rings is 2. The molecular formula is C29H32FN5O2S. The molecule has 1 N–H and O–H groups in total. The molecule has 0 saturated carbocycles. The summed E-state index contributed by atoms with van der Waals surface area (Å²) in [5.41, 5.74) is 2.27. The van der Waals surface area contributed by atoms with Crippen LogP contribution in [-0.4, -0.2) is 45.8 Å². The zero-order valence-electron chi connectivity index (χ0n) is 21.3. The van der Waals surface area contributed by atoms with E-state index in [2.05, 4.69) is 38.9 Å². The molecular weight excluding hydrogens is 501 g/mol. The molecule has 0 aliphatic carbocycles. The lowest BCUT2D eigenvalue weighted by Gasteiger charge is -2.32. The fourth-order valence-electron chi connectivity index (χ4n) is 4.68. The van der Waals surface area contributed by atoms with Gasteiger partial charge in [0, 0.05) is 56.6 Å². The second-order valence-electron chi connectivity index (χ2n) is 9.65. The van der Waals surface area contributed by atoms with Crippen LogP contribution in [0.3, 0.4) is 0 Å². The molecule has 5 rings (SSSR count). The first kappa shape index (κ1) is 26.1. The number of aromatic nitrogens is 2. The van der Waals surface area contributed by atoms with E-state index in [1.165, 1.54) is 29.2 Å². The Hall–Kier alpha value is -3.56. The number of carbonyl (C=O) groups is 1. The molecule has 7 nitrogen and oxygen atoms in total. The summed E-state index contributed by atoms with van der Waals surface area (Å²) in [5, 5.41) is 3.97. The molecule has 198 valence electrons. The Morgan fingerprint density at radius 2 is 1.84 bits per heavy atom. The summed E-state index contributed by atoms with van der Waals surface area (Å²) in [4.78, 5) is 22.0. The molecule has 3 heterocycles. The van der Waals surface area contributed by atoms with E-state index >= 15 is 0 Å². The number of hydrogen-bond donors (Lipinski definition) is 1. The molecule has 1 aliphatic rings. The van der Waals surface area contributed by atoms with Crippen molar-refractivity contribution in [2.24, 2.45) is 0 Å². The third-order valence-electron chi connectivity index (χ3n) is 6.74. The van der Waals surface area contributed by atoms with E-state index in [9.17, 15) is 9.18 Å². The van der Waals surface area contributed by atoms with Crippen LogP contribution in [0.25, 0.3) is 0 Å². The minimum atomic E-state index is -0.263. The van der Waals surface area contributed by atoms with Crippen LogP contribution < -0.4 is 10.2 Å². The van der Waals surface area contributed by atoms with Gasteiger partial charge in [-0.25, -0.2) is 9.37 Å². The standard InChI is InChI=1S/C29H32FN5O2S/c30-24-10-8-22(9-11-24)19-27-32-29(38-33-27)35(21-26-7-4-18-37-26)17-14-28(36)31-25-12-15-34(16-13-25)20-23-5-2-1-3-6-23/h1-11,18,25H,12-17,19-21H2,(H,31,36). The molecule has 1 saturated heterocycles. The lowest BCUT2D eigenvalue weighted by atomic mass is 10.0. The number of amides is 1. The van der Waals surface area contributed by atoms with Gasteiger partial charge in [-0.2, -0.15) is 4.37 Å². The Morgan fingerprint density at radius 1 is 1.05 bits per heavy atom. The van der Waals surface area contributed by atoms with Crippen LogP contribution in [0.4, 0.5) is 9.52 Å². The number of halogens is 1. The summed E-state index contributed by atoms with van der Waals surface area (Å²) in [6, 6.07) is 20.8. The molecule has 0 atom stereocenters. The van der Waals surface area contributed by atoms with Gasteiger partial charge in [-0.1, -0.05) is 42.5 Å². The number of nitrogens with one attached hydrogen (secondary N) is 1. The van der Waals surface area contributed by atoms with Crippen molar-refractivity contribution in [3.8, 4) is 0 Å². The molecule has 0 unspecified atom stereocenters. The van der Waals surface area contributed by atoms with Crippen LogP contribution in [0.5, 0.6) is 0 Å². The highest BCUT2D eigenvalue weighted by molar-refractivity contribution is 7.09. The number of hydrogen-bond acceptors (Lipinski definition) is 7. The number of nitrogens with zero attached hydrogens (tertiary/aromatic N) is 4. The van der Waals surface area contributed by atoms with Gasteiger partial charge in [0.05, 0.1) is 12.8 Å². The summed E-state index contributed by atoms with van der Waals surface area (Å²) in [6.45, 7) is 3.92. The highest BCUT2D eigenvalue weighted by Gasteiger charge is 2.22. The smallest absolute Gasteiger partial charge is 0.221 e. The fourth-order valence-corrected chi connectivity index (χ4v) is 5.39. The molecule has 2 aromatic carbocycles. The number of likely N-dealkylation sites (tertiary alicyclic amines) is 1. The van der Waals surface area contributed by atoms with E-state index in [-0.39, 0.29) is 17.8 Å². The second kappa shape index (κ2) is 12.8. The second-order valence-corrected chi connectivity index (χ2v) is 10.4. The van der Waals surface area contributed by atoms with Gasteiger partial charge in [0.2, 0.25) is 11.0 Å². The predicted octanol–water partition coefficient (Wildman–Crippen LogP) is 5.04. The fraction of sp³-hybridized carbons (Fsp3) is 0.345. The van der Waals surface area contributed by atoms with Crippen molar-refractivity contribution in [2.45, 2.75) is 44.8 Å². The molecule has 38 heavy (non-hydrogen) atoms. The van der Waals surface area contributed by atoms with E-state index in [0.29, 0.717) is 31.8 Å². The van der Waals surface area contributed by atoms with Crippen molar-refractivity contribution >= 4 is 22.6 Å². The molecule has 2 aromatic heterocycles. The highest BCUT2D eigenvalue weighted by atomic mass is 32.1. The predicted molar refractivity (Wildman–Crippen MR) is 146 cm³/mol. The van der Waals surface area contributed by atoms with E-state index in [1.807, 2.05) is 23.1 Å². The van der Waals surface area contributed by atoms with E-state index < -0.39 is 0 Å². The van der Waals surface area contributed by atoms with Crippen molar-refractivity contribution in [3.63, 3.8) is 0 Å². The minimum absolute atomic E-state index is 0.0482. The summed E-state index contributed by atoms with van der Waals surface area (Å²) in [7, 11) is 0. The summed E-state index contributed by atoms with van der Waals surface area (Å²) in [6.07, 6.45) is 4.44. The van der Waals surface area contributed by atoms with Gasteiger partial charge in [0.1, 0.15) is 17.4 Å². The Morgan fingerprint density at radius 3 is 2.58 bits per heavy atom. The third kappa shape index (κ3) is 7.49. The van der Waals surface area contributed by atoms with Crippen LogP contribution in [0.2, 0.25) is 0 Å². The average Bonchev–Trinajstić information content (AvgIpc) is 3.62. The van der Waals surface area contributed by atoms with Gasteiger partial charge in [-0.3, -0.25) is 9.69 Å². The normalized spacial score (nSPS) is 14.4. The number of anilines is 1. The zero-order valence-corrected chi connectivity index (χ0v) is 22.1. The average molecular weight is 534 g/mol. The maximum atomic E-state index is 13.2. The summed E-state index contributed by atoms with van der Waals surface area (Å²) < 4.78 is 23.3. The number of piperidine rings is 1. The van der Waals surface area contributed by atoms with Gasteiger partial charge in [0.25, 0.3) is 0 Å². The lowest BCUT2D eigenvalue weighted by Crippen LogP contribution is -2.45. The van der Waals surface area contributed by atoms with E-state index in [1.54, 1.807) is 18.4 Å². The zero-order chi connectivity index (χ0) is 26.2. The van der Waals surface area contributed by atoms with Crippen molar-refractivity contribution in [1.82, 2.24) is 19.6 Å². The Labute approximate surface area is 226 Å². The van der Waals surface area contributed by atoms with Gasteiger partial charge in [0.15, 0.2) is 0 Å². The topological polar surface area (TPSA) is 74.5 Å². The van der Waals surface area contributed by atoms with Crippen LogP contribution in [0.15, 0.2) is 77.4 Å². The third-order valence-corrected chi connectivity index (χ3v) is 7.56. The number of rotatable bonds is 11. The molecule has 4 aromatic rings. The van der Waals surface area contributed by atoms with E-state index in [4.69, 9.17) is 9.40 Å². The molecule has 0 bridgehead atoms. The first-order valence-corrected chi connectivity index (χ1v) is 13.8. The molecule has 1 aliphatic heterocycles. The van der Waals surface area contributed by atoms with E-state index in [0.717, 1.165) is 48.9 Å². The van der Waals surface area contributed by atoms with Crippen molar-refractivity contribution in [1.29, 1.82) is 0 Å². The maximum Gasteiger partial charge on any atom is 0.221 e. The van der Waals surface area contributed by atoms with Crippen LogP contribution in [0.1, 0.15) is 42.0 Å². The van der Waals surface area contributed by atoms with Gasteiger partial charge >= 0.3 is 0 Å². The monoisotopic (exact) mass is 533 g/mol. The van der Waals surface area contributed by atoms with Gasteiger partial charge < -0.3 is 14.6 Å². The number of carbonyl (C=O) groups excluding carboxylic acids is 1. The van der Waals surface area contributed by atoms with Gasteiger partial charge in [-0.15, -0.1) is 0 Å². The first-order valence-electron chi connectivity index (χ1n) is 13.0. The Balaban J connectivity index is 1.13. The first-order chi connectivity index (χ1) is 18.6. The Kier molecular flexibility index (Phi) is 8.78. The maximum absolute atomic E-state index is 13.2. The van der Waals surface area contributed by atoms with Crippen LogP contribution in [-0.2, 0) is 24.3 Å². The number of furan rings is 1. The Bertz CT molecular complexity index is 1270. The van der Waals surface area contributed by atoms with Crippen molar-refractivity contribution in [3.05, 3.63) is 102 Å². The lowest BCUT2D eigenvalue weighted by molar-refractivity contribution is -0.121. The largest absolute Gasteiger partial charge is 0.467 e. The minimum Gasteiger partial charge on any atom is -0.467 e. The van der Waals surface area contributed by atoms with Gasteiger partial charge in [-0.05, 0) is 48.2 Å². The highest BCUT2D eigenvalue weighted by Crippen LogP contribution is 2.22. The van der Waals surface area contributed by atoms with Crippen molar-refractivity contribution < 1.29 is 13.6 Å². The summed E-state index contributed by atoms with van der Waals surface area (Å²) in [5.74, 6) is 1.26.